The van der Waals surface area contributed by atoms with Crippen LogP contribution in [0, 0.1) is 29.5 Å². The van der Waals surface area contributed by atoms with Crippen molar-refractivity contribution in [2.24, 2.45) is 0 Å². The van der Waals surface area contributed by atoms with E-state index in [-0.39, 0.29) is 5.82 Å². The van der Waals surface area contributed by atoms with E-state index in [1.807, 2.05) is 30.3 Å². The molecule has 0 nitrogen and oxygen atoms in total. The van der Waals surface area contributed by atoms with Gasteiger partial charge < -0.3 is 0 Å². The lowest BCUT2D eigenvalue weighted by atomic mass is 10.0. The maximum atomic E-state index is 14.4. The summed E-state index contributed by atoms with van der Waals surface area (Å²) >= 11 is 0. The van der Waals surface area contributed by atoms with Gasteiger partial charge in [-0.3, -0.25) is 0 Å². The van der Waals surface area contributed by atoms with E-state index in [2.05, 4.69) is 61.8 Å². The fourth-order valence-corrected chi connectivity index (χ4v) is 3.54. The molecule has 0 saturated carbocycles. The van der Waals surface area contributed by atoms with Gasteiger partial charge in [0.25, 0.3) is 0 Å². The lowest BCUT2D eigenvalue weighted by Gasteiger charge is -2.02. The zero-order valence-corrected chi connectivity index (χ0v) is 19.2. The highest BCUT2D eigenvalue weighted by atomic mass is 19.1. The Kier molecular flexibility index (Phi) is 9.16. The van der Waals surface area contributed by atoms with Gasteiger partial charge in [-0.1, -0.05) is 81.4 Å². The molecule has 0 atom stereocenters. The molecule has 3 aromatic carbocycles. The van der Waals surface area contributed by atoms with E-state index in [0.29, 0.717) is 5.56 Å². The predicted molar refractivity (Wildman–Crippen MR) is 133 cm³/mol. The average molecular weight is 423 g/mol. The molecule has 0 spiro atoms. The maximum Gasteiger partial charge on any atom is 0.139 e. The molecular weight excluding hydrogens is 391 g/mol. The first-order valence-corrected chi connectivity index (χ1v) is 11.7. The van der Waals surface area contributed by atoms with Crippen molar-refractivity contribution in [2.75, 3.05) is 0 Å². The van der Waals surface area contributed by atoms with Gasteiger partial charge in [0.05, 0.1) is 5.56 Å². The van der Waals surface area contributed by atoms with Crippen LogP contribution in [0.3, 0.4) is 0 Å². The number of hydrogen-bond acceptors (Lipinski definition) is 0. The molecular formula is C31H31F. The summed E-state index contributed by atoms with van der Waals surface area (Å²) in [5.74, 6) is 12.2. The highest BCUT2D eigenvalue weighted by Crippen LogP contribution is 2.13. The summed E-state index contributed by atoms with van der Waals surface area (Å²) in [6.45, 7) is 4.38. The van der Waals surface area contributed by atoms with E-state index in [1.54, 1.807) is 12.1 Å². The van der Waals surface area contributed by atoms with E-state index in [0.717, 1.165) is 47.9 Å². The fourth-order valence-electron chi connectivity index (χ4n) is 3.54. The third kappa shape index (κ3) is 7.44. The van der Waals surface area contributed by atoms with Gasteiger partial charge in [0.2, 0.25) is 0 Å². The van der Waals surface area contributed by atoms with Crippen LogP contribution >= 0.6 is 0 Å². The minimum atomic E-state index is -0.238. The summed E-state index contributed by atoms with van der Waals surface area (Å²) in [5, 5.41) is 0. The van der Waals surface area contributed by atoms with Crippen LogP contribution in [0.25, 0.3) is 0 Å². The molecule has 0 aliphatic rings. The van der Waals surface area contributed by atoms with Crippen LogP contribution in [0.15, 0.2) is 66.7 Å². The normalized spacial score (nSPS) is 10.1. The second kappa shape index (κ2) is 12.5. The van der Waals surface area contributed by atoms with Crippen LogP contribution in [0.4, 0.5) is 4.39 Å². The molecule has 0 unspecified atom stereocenters. The van der Waals surface area contributed by atoms with Gasteiger partial charge in [-0.05, 0) is 78.9 Å². The van der Waals surface area contributed by atoms with Crippen LogP contribution in [0.2, 0.25) is 0 Å². The van der Waals surface area contributed by atoms with Crippen molar-refractivity contribution < 1.29 is 4.39 Å². The monoisotopic (exact) mass is 422 g/mol. The third-order valence-electron chi connectivity index (χ3n) is 5.42. The van der Waals surface area contributed by atoms with Crippen LogP contribution in [-0.2, 0) is 12.8 Å². The Bertz CT molecular complexity index is 1110. The number of hydrogen-bond donors (Lipinski definition) is 0. The number of benzene rings is 3. The molecule has 0 amide bonds. The molecule has 0 radical (unpaired) electrons. The molecule has 0 N–H and O–H groups in total. The van der Waals surface area contributed by atoms with Gasteiger partial charge in [-0.2, -0.15) is 0 Å². The van der Waals surface area contributed by atoms with Gasteiger partial charge in [0.15, 0.2) is 0 Å². The number of unbranched alkanes of at least 4 members (excludes halogenated alkanes) is 3. The van der Waals surface area contributed by atoms with Gasteiger partial charge >= 0.3 is 0 Å². The van der Waals surface area contributed by atoms with E-state index >= 15 is 0 Å². The van der Waals surface area contributed by atoms with E-state index in [1.165, 1.54) is 24.8 Å². The summed E-state index contributed by atoms with van der Waals surface area (Å²) < 4.78 is 14.4. The Labute approximate surface area is 192 Å². The Hall–Kier alpha value is -3.29. The summed E-state index contributed by atoms with van der Waals surface area (Å²) in [6, 6.07) is 21.6. The van der Waals surface area contributed by atoms with E-state index in [4.69, 9.17) is 0 Å². The van der Waals surface area contributed by atoms with E-state index in [9.17, 15) is 4.39 Å². The first-order chi connectivity index (χ1) is 15.7. The molecule has 162 valence electrons. The molecule has 32 heavy (non-hydrogen) atoms. The minimum Gasteiger partial charge on any atom is -0.206 e. The number of rotatable bonds is 7. The summed E-state index contributed by atoms with van der Waals surface area (Å²) in [7, 11) is 0. The molecule has 0 aliphatic heterocycles. The van der Waals surface area contributed by atoms with E-state index < -0.39 is 0 Å². The maximum absolute atomic E-state index is 14.4. The quantitative estimate of drug-likeness (QED) is 0.270. The topological polar surface area (TPSA) is 0 Å². The Balaban J connectivity index is 1.61. The van der Waals surface area contributed by atoms with Crippen molar-refractivity contribution >= 4 is 0 Å². The molecule has 0 aliphatic carbocycles. The summed E-state index contributed by atoms with van der Waals surface area (Å²) in [6.07, 6.45) is 7.94. The molecule has 3 rings (SSSR count). The van der Waals surface area contributed by atoms with Crippen molar-refractivity contribution in [1.82, 2.24) is 0 Å². The molecule has 0 fully saturated rings. The number of aryl methyl sites for hydroxylation is 2. The van der Waals surface area contributed by atoms with Gasteiger partial charge in [-0.25, -0.2) is 4.39 Å². The molecule has 0 bridgehead atoms. The average Bonchev–Trinajstić information content (AvgIpc) is 2.82. The SMILES string of the molecule is CCCCCCc1ccc(C#Cc2ccc(C#Cc3ccc(CCC)cc3)cc2)c(F)c1. The molecule has 0 aromatic heterocycles. The van der Waals surface area contributed by atoms with Crippen LogP contribution in [0.5, 0.6) is 0 Å². The predicted octanol–water partition coefficient (Wildman–Crippen LogP) is 7.70. The minimum absolute atomic E-state index is 0.238. The second-order valence-corrected chi connectivity index (χ2v) is 8.15. The summed E-state index contributed by atoms with van der Waals surface area (Å²) in [4.78, 5) is 0. The molecule has 1 heteroatoms. The first kappa shape index (κ1) is 23.4. The zero-order chi connectivity index (χ0) is 22.6. The van der Waals surface area contributed by atoms with Crippen molar-refractivity contribution in [3.63, 3.8) is 0 Å². The van der Waals surface area contributed by atoms with Gasteiger partial charge in [0, 0.05) is 16.7 Å². The highest BCUT2D eigenvalue weighted by Gasteiger charge is 2.02. The van der Waals surface area contributed by atoms with Crippen molar-refractivity contribution in [3.8, 4) is 23.7 Å². The first-order valence-electron chi connectivity index (χ1n) is 11.7. The smallest absolute Gasteiger partial charge is 0.139 e. The fraction of sp³-hybridized carbons (Fsp3) is 0.290. The standard InChI is InChI=1S/C31H31F/c1-3-5-6-7-9-29-21-23-30(31(32)24-29)22-20-28-18-16-27(17-19-28)15-14-26-12-10-25(8-4-2)11-13-26/h10-13,16-19,21,23-24H,3-9H2,1-2H3. The van der Waals surface area contributed by atoms with Gasteiger partial charge in [0.1, 0.15) is 5.82 Å². The van der Waals surface area contributed by atoms with Gasteiger partial charge in [-0.15, -0.1) is 0 Å². The summed E-state index contributed by atoms with van der Waals surface area (Å²) in [5.41, 5.74) is 5.64. The Morgan fingerprint density at radius 2 is 1.12 bits per heavy atom. The lowest BCUT2D eigenvalue weighted by molar-refractivity contribution is 0.618. The molecule has 0 saturated heterocycles. The molecule has 3 aromatic rings. The zero-order valence-electron chi connectivity index (χ0n) is 19.2. The van der Waals surface area contributed by atoms with Crippen LogP contribution < -0.4 is 0 Å². The Morgan fingerprint density at radius 3 is 1.69 bits per heavy atom. The molecule has 0 heterocycles. The largest absolute Gasteiger partial charge is 0.206 e. The highest BCUT2D eigenvalue weighted by molar-refractivity contribution is 5.48. The van der Waals surface area contributed by atoms with Crippen molar-refractivity contribution in [1.29, 1.82) is 0 Å². The number of halogens is 1. The second-order valence-electron chi connectivity index (χ2n) is 8.15. The third-order valence-corrected chi connectivity index (χ3v) is 5.42. The Morgan fingerprint density at radius 1 is 0.562 bits per heavy atom. The lowest BCUT2D eigenvalue weighted by Crippen LogP contribution is -1.90. The van der Waals surface area contributed by atoms with Crippen molar-refractivity contribution in [3.05, 3.63) is 106 Å². The van der Waals surface area contributed by atoms with Crippen molar-refractivity contribution in [2.45, 2.75) is 58.8 Å². The van der Waals surface area contributed by atoms with Crippen LogP contribution in [-0.4, -0.2) is 0 Å². The van der Waals surface area contributed by atoms with Crippen LogP contribution in [0.1, 0.15) is 79.3 Å².